The fraction of sp³-hybridized carbons (Fsp3) is 0.292. The summed E-state index contributed by atoms with van der Waals surface area (Å²) in [5.74, 6) is 0.958. The van der Waals surface area contributed by atoms with Crippen LogP contribution >= 0.6 is 11.3 Å². The van der Waals surface area contributed by atoms with Crippen molar-refractivity contribution in [2.24, 2.45) is 5.92 Å². The van der Waals surface area contributed by atoms with Crippen LogP contribution in [0.2, 0.25) is 0 Å². The molecule has 2 aromatic carbocycles. The number of imidazole rings is 1. The van der Waals surface area contributed by atoms with E-state index >= 15 is 0 Å². The number of fused-ring (bicyclic) bond motifs is 1. The summed E-state index contributed by atoms with van der Waals surface area (Å²) in [6.07, 6.45) is 3.59. The molecule has 1 amide bonds. The molecule has 0 unspecified atom stereocenters. The lowest BCUT2D eigenvalue weighted by Gasteiger charge is -2.30. The lowest BCUT2D eigenvalue weighted by molar-refractivity contribution is -0.120. The largest absolute Gasteiger partial charge is 0.497 e. The second-order valence-electron chi connectivity index (χ2n) is 8.03. The van der Waals surface area contributed by atoms with Crippen LogP contribution in [-0.2, 0) is 4.79 Å². The first-order valence-corrected chi connectivity index (χ1v) is 11.5. The maximum absolute atomic E-state index is 12.7. The van der Waals surface area contributed by atoms with Gasteiger partial charge in [-0.2, -0.15) is 0 Å². The van der Waals surface area contributed by atoms with Crippen molar-refractivity contribution in [3.63, 3.8) is 0 Å². The van der Waals surface area contributed by atoms with Crippen molar-refractivity contribution in [1.29, 1.82) is 0 Å². The van der Waals surface area contributed by atoms with Crippen molar-refractivity contribution in [1.82, 2.24) is 14.6 Å². The molecule has 1 fully saturated rings. The van der Waals surface area contributed by atoms with Gasteiger partial charge in [-0.05, 0) is 55.7 Å². The average molecular weight is 448 g/mol. The molecule has 3 heterocycles. The van der Waals surface area contributed by atoms with E-state index in [1.54, 1.807) is 18.4 Å². The van der Waals surface area contributed by atoms with Crippen LogP contribution < -0.4 is 15.0 Å². The molecule has 1 aliphatic rings. The highest BCUT2D eigenvalue weighted by Crippen LogP contribution is 2.30. The molecule has 0 aliphatic carbocycles. The zero-order valence-corrected chi connectivity index (χ0v) is 18.9. The SMILES string of the molecule is COc1ccc(-c2cn3nc(N4CCC(C(=O)Nc5ccccc5C)CC4)sc3n2)cc1. The van der Waals surface area contributed by atoms with E-state index in [0.717, 1.165) is 64.3 Å². The Balaban J connectivity index is 1.22. The minimum atomic E-state index is 0.0246. The molecule has 0 spiro atoms. The monoisotopic (exact) mass is 447 g/mol. The van der Waals surface area contributed by atoms with E-state index in [1.807, 2.05) is 66.2 Å². The highest BCUT2D eigenvalue weighted by atomic mass is 32.1. The number of para-hydroxylation sites is 1. The van der Waals surface area contributed by atoms with E-state index < -0.39 is 0 Å². The van der Waals surface area contributed by atoms with E-state index in [-0.39, 0.29) is 11.8 Å². The molecule has 8 heteroatoms. The fourth-order valence-corrected chi connectivity index (χ4v) is 4.93. The number of nitrogens with zero attached hydrogens (tertiary/aromatic N) is 4. The van der Waals surface area contributed by atoms with E-state index in [1.165, 1.54) is 0 Å². The quantitative estimate of drug-likeness (QED) is 0.483. The standard InChI is InChI=1S/C24H25N5O2S/c1-16-5-3-4-6-20(16)25-22(30)18-11-13-28(14-12-18)24-27-29-15-21(26-23(29)32-24)17-7-9-19(31-2)10-8-17/h3-10,15,18H,11-14H2,1-2H3,(H,25,30). The van der Waals surface area contributed by atoms with E-state index in [9.17, 15) is 4.79 Å². The third-order valence-corrected chi connectivity index (χ3v) is 6.94. The molecular weight excluding hydrogens is 422 g/mol. The molecule has 1 N–H and O–H groups in total. The number of rotatable bonds is 5. The molecule has 5 rings (SSSR count). The van der Waals surface area contributed by atoms with Crippen molar-refractivity contribution < 1.29 is 9.53 Å². The van der Waals surface area contributed by atoms with Gasteiger partial charge in [-0.3, -0.25) is 4.79 Å². The Morgan fingerprint density at radius 3 is 2.56 bits per heavy atom. The van der Waals surface area contributed by atoms with Crippen molar-refractivity contribution in [2.75, 3.05) is 30.4 Å². The number of piperidine rings is 1. The molecule has 0 radical (unpaired) electrons. The van der Waals surface area contributed by atoms with Gasteiger partial charge < -0.3 is 15.0 Å². The van der Waals surface area contributed by atoms with Gasteiger partial charge in [-0.15, -0.1) is 5.10 Å². The second kappa shape index (κ2) is 8.63. The Kier molecular flexibility index (Phi) is 5.53. The van der Waals surface area contributed by atoms with Crippen LogP contribution in [0.5, 0.6) is 5.75 Å². The number of amides is 1. The smallest absolute Gasteiger partial charge is 0.227 e. The number of anilines is 2. The van der Waals surface area contributed by atoms with E-state index in [2.05, 4.69) is 10.2 Å². The lowest BCUT2D eigenvalue weighted by Crippen LogP contribution is -2.38. The predicted octanol–water partition coefficient (Wildman–Crippen LogP) is 4.63. The Morgan fingerprint density at radius 1 is 1.12 bits per heavy atom. The van der Waals surface area contributed by atoms with Crippen LogP contribution in [-0.4, -0.2) is 40.7 Å². The number of hydrogen-bond donors (Lipinski definition) is 1. The van der Waals surface area contributed by atoms with Gasteiger partial charge in [-0.25, -0.2) is 9.50 Å². The number of aryl methyl sites for hydroxylation is 1. The van der Waals surface area contributed by atoms with Gasteiger partial charge in [0.25, 0.3) is 0 Å². The van der Waals surface area contributed by atoms with Crippen LogP contribution in [0.3, 0.4) is 0 Å². The Hall–Kier alpha value is -3.39. The number of carbonyl (C=O) groups excluding carboxylic acids is 1. The van der Waals surface area contributed by atoms with Gasteiger partial charge in [-0.1, -0.05) is 29.5 Å². The summed E-state index contributed by atoms with van der Waals surface area (Å²) in [4.78, 5) is 20.6. The van der Waals surface area contributed by atoms with Gasteiger partial charge in [0.1, 0.15) is 5.75 Å². The Bertz CT molecular complexity index is 1210. The van der Waals surface area contributed by atoms with Crippen molar-refractivity contribution >= 4 is 33.0 Å². The summed E-state index contributed by atoms with van der Waals surface area (Å²) >= 11 is 1.58. The maximum atomic E-state index is 12.7. The first-order chi connectivity index (χ1) is 15.6. The highest BCUT2D eigenvalue weighted by molar-refractivity contribution is 7.20. The predicted molar refractivity (Wildman–Crippen MR) is 128 cm³/mol. The maximum Gasteiger partial charge on any atom is 0.227 e. The van der Waals surface area contributed by atoms with Crippen molar-refractivity contribution in [3.05, 3.63) is 60.3 Å². The molecule has 164 valence electrons. The number of carbonyl (C=O) groups is 1. The van der Waals surface area contributed by atoms with Crippen LogP contribution in [0.25, 0.3) is 16.2 Å². The number of benzene rings is 2. The van der Waals surface area contributed by atoms with Gasteiger partial charge >= 0.3 is 0 Å². The van der Waals surface area contributed by atoms with Gasteiger partial charge in [0.05, 0.1) is 19.0 Å². The van der Waals surface area contributed by atoms with E-state index in [4.69, 9.17) is 14.8 Å². The summed E-state index contributed by atoms with van der Waals surface area (Å²) < 4.78 is 7.07. The van der Waals surface area contributed by atoms with Gasteiger partial charge in [0.15, 0.2) is 0 Å². The fourth-order valence-electron chi connectivity index (χ4n) is 4.00. The summed E-state index contributed by atoms with van der Waals surface area (Å²) in [6, 6.07) is 15.8. The number of methoxy groups -OCH3 is 1. The highest BCUT2D eigenvalue weighted by Gasteiger charge is 2.27. The molecule has 32 heavy (non-hydrogen) atoms. The minimum absolute atomic E-state index is 0.0246. The second-order valence-corrected chi connectivity index (χ2v) is 8.97. The summed E-state index contributed by atoms with van der Waals surface area (Å²) in [6.45, 7) is 3.64. The number of aromatic nitrogens is 3. The number of hydrogen-bond acceptors (Lipinski definition) is 6. The molecule has 0 saturated carbocycles. The van der Waals surface area contributed by atoms with E-state index in [0.29, 0.717) is 0 Å². The van der Waals surface area contributed by atoms with Crippen LogP contribution in [0.4, 0.5) is 10.8 Å². The topological polar surface area (TPSA) is 71.8 Å². The Labute approximate surface area is 190 Å². The van der Waals surface area contributed by atoms with Crippen LogP contribution in [0, 0.1) is 12.8 Å². The zero-order valence-electron chi connectivity index (χ0n) is 18.1. The van der Waals surface area contributed by atoms with Gasteiger partial charge in [0, 0.05) is 30.3 Å². The minimum Gasteiger partial charge on any atom is -0.497 e. The first kappa shape index (κ1) is 20.5. The zero-order chi connectivity index (χ0) is 22.1. The third kappa shape index (κ3) is 4.05. The normalized spacial score (nSPS) is 14.6. The summed E-state index contributed by atoms with van der Waals surface area (Å²) in [7, 11) is 1.66. The molecule has 0 atom stereocenters. The molecular formula is C24H25N5O2S. The van der Waals surface area contributed by atoms with Crippen molar-refractivity contribution in [2.45, 2.75) is 19.8 Å². The lowest BCUT2D eigenvalue weighted by atomic mass is 9.96. The molecule has 2 aromatic heterocycles. The van der Waals surface area contributed by atoms with Gasteiger partial charge in [0.2, 0.25) is 16.0 Å². The molecule has 1 aliphatic heterocycles. The van der Waals surface area contributed by atoms with Crippen LogP contribution in [0.15, 0.2) is 54.7 Å². The Morgan fingerprint density at radius 2 is 1.88 bits per heavy atom. The van der Waals surface area contributed by atoms with Crippen molar-refractivity contribution in [3.8, 4) is 17.0 Å². The molecule has 0 bridgehead atoms. The summed E-state index contributed by atoms with van der Waals surface area (Å²) in [5, 5.41) is 8.78. The van der Waals surface area contributed by atoms with Crippen LogP contribution in [0.1, 0.15) is 18.4 Å². The third-order valence-electron chi connectivity index (χ3n) is 5.96. The molecule has 7 nitrogen and oxygen atoms in total. The molecule has 4 aromatic rings. The number of ether oxygens (including phenoxy) is 1. The summed E-state index contributed by atoms with van der Waals surface area (Å²) in [5.41, 5.74) is 3.90. The number of nitrogens with one attached hydrogen (secondary N) is 1. The molecule has 1 saturated heterocycles. The first-order valence-electron chi connectivity index (χ1n) is 10.7. The average Bonchev–Trinajstić information content (AvgIpc) is 3.40.